The van der Waals surface area contributed by atoms with Crippen molar-refractivity contribution in [2.24, 2.45) is 10.9 Å². The van der Waals surface area contributed by atoms with Gasteiger partial charge in [-0.15, -0.1) is 0 Å². The fraction of sp³-hybridized carbons (Fsp3) is 0.667. The van der Waals surface area contributed by atoms with Crippen LogP contribution in [-0.4, -0.2) is 58.7 Å². The molecule has 1 fully saturated rings. The Morgan fingerprint density at radius 2 is 2.00 bits per heavy atom. The van der Waals surface area contributed by atoms with E-state index in [1.807, 2.05) is 25.1 Å². The molecule has 7 nitrogen and oxygen atoms in total. The lowest BCUT2D eigenvalue weighted by Gasteiger charge is -2.14. The molecular formula is C21H33N3O4. The molecule has 156 valence electrons. The van der Waals surface area contributed by atoms with Gasteiger partial charge in [0.15, 0.2) is 17.5 Å². The highest BCUT2D eigenvalue weighted by atomic mass is 16.5. The van der Waals surface area contributed by atoms with Crippen LogP contribution in [0.2, 0.25) is 0 Å². The Bertz CT molecular complexity index is 620. The molecule has 2 aliphatic rings. The van der Waals surface area contributed by atoms with Crippen molar-refractivity contribution in [3.8, 4) is 11.5 Å². The molecule has 0 spiro atoms. The summed E-state index contributed by atoms with van der Waals surface area (Å²) in [5.41, 5.74) is 0.914. The van der Waals surface area contributed by atoms with Crippen molar-refractivity contribution in [1.29, 1.82) is 0 Å². The molecule has 0 unspecified atom stereocenters. The van der Waals surface area contributed by atoms with Gasteiger partial charge in [-0.25, -0.2) is 0 Å². The van der Waals surface area contributed by atoms with Crippen LogP contribution in [0.15, 0.2) is 23.2 Å². The lowest BCUT2D eigenvalue weighted by atomic mass is 10.3. The third-order valence-electron chi connectivity index (χ3n) is 4.52. The Balaban J connectivity index is 1.51. The third kappa shape index (κ3) is 7.56. The third-order valence-corrected chi connectivity index (χ3v) is 4.52. The first kappa shape index (κ1) is 20.7. The molecule has 28 heavy (non-hydrogen) atoms. The maximum atomic E-state index is 5.77. The lowest BCUT2D eigenvalue weighted by molar-refractivity contribution is 0.123. The fourth-order valence-electron chi connectivity index (χ4n) is 2.80. The number of benzene rings is 1. The number of guanidine groups is 1. The Kier molecular flexibility index (Phi) is 8.71. The van der Waals surface area contributed by atoms with Crippen molar-refractivity contribution in [2.75, 3.05) is 58.0 Å². The first-order valence-corrected chi connectivity index (χ1v) is 10.5. The molecule has 0 aromatic heterocycles. The molecule has 1 aromatic carbocycles. The van der Waals surface area contributed by atoms with Crippen molar-refractivity contribution in [3.05, 3.63) is 18.2 Å². The van der Waals surface area contributed by atoms with Crippen LogP contribution >= 0.6 is 0 Å². The van der Waals surface area contributed by atoms with Crippen molar-refractivity contribution in [3.63, 3.8) is 0 Å². The first-order valence-electron chi connectivity index (χ1n) is 10.5. The monoisotopic (exact) mass is 391 g/mol. The number of anilines is 1. The minimum absolute atomic E-state index is 0.642. The molecule has 1 aliphatic heterocycles. The minimum Gasteiger partial charge on any atom is -0.490 e. The summed E-state index contributed by atoms with van der Waals surface area (Å²) in [5, 5.41) is 6.67. The molecule has 1 aromatic rings. The number of rotatable bonds is 11. The van der Waals surface area contributed by atoms with E-state index < -0.39 is 0 Å². The van der Waals surface area contributed by atoms with Gasteiger partial charge in [0, 0.05) is 51.1 Å². The van der Waals surface area contributed by atoms with Gasteiger partial charge in [-0.05, 0) is 44.2 Å². The summed E-state index contributed by atoms with van der Waals surface area (Å²) >= 11 is 0. The molecule has 0 bridgehead atoms. The smallest absolute Gasteiger partial charge is 0.195 e. The quantitative estimate of drug-likeness (QED) is 0.343. The van der Waals surface area contributed by atoms with Gasteiger partial charge in [-0.3, -0.25) is 4.99 Å². The number of nitrogens with zero attached hydrogens (tertiary/aromatic N) is 1. The van der Waals surface area contributed by atoms with Gasteiger partial charge in [-0.2, -0.15) is 0 Å². The Hall–Kier alpha value is -1.99. The van der Waals surface area contributed by atoms with Gasteiger partial charge in [0.25, 0.3) is 0 Å². The molecule has 0 amide bonds. The van der Waals surface area contributed by atoms with Gasteiger partial charge in [-0.1, -0.05) is 0 Å². The van der Waals surface area contributed by atoms with E-state index in [0.29, 0.717) is 39.5 Å². The van der Waals surface area contributed by atoms with Crippen LogP contribution in [0.5, 0.6) is 11.5 Å². The van der Waals surface area contributed by atoms with Crippen molar-refractivity contribution < 1.29 is 18.9 Å². The summed E-state index contributed by atoms with van der Waals surface area (Å²) in [6, 6.07) is 5.87. The van der Waals surface area contributed by atoms with E-state index in [2.05, 4.69) is 15.6 Å². The van der Waals surface area contributed by atoms with Crippen LogP contribution in [0.3, 0.4) is 0 Å². The standard InChI is InChI=1S/C21H33N3O4/c1-2-25-14-10-23-21(22-9-3-11-26-16-17-5-6-17)24-18-7-8-19-20(15-18)28-13-4-12-27-19/h7-8,15,17H,2-6,9-14,16H2,1H3,(H2,22,23,24). The predicted molar refractivity (Wildman–Crippen MR) is 111 cm³/mol. The molecule has 1 saturated carbocycles. The highest BCUT2D eigenvalue weighted by molar-refractivity contribution is 5.93. The molecule has 0 saturated heterocycles. The zero-order chi connectivity index (χ0) is 19.4. The number of hydrogen-bond acceptors (Lipinski definition) is 5. The summed E-state index contributed by atoms with van der Waals surface area (Å²) in [6.45, 7) is 7.77. The van der Waals surface area contributed by atoms with Crippen LogP contribution in [0.4, 0.5) is 5.69 Å². The Morgan fingerprint density at radius 1 is 1.14 bits per heavy atom. The Labute approximate surface area is 167 Å². The van der Waals surface area contributed by atoms with E-state index in [1.165, 1.54) is 12.8 Å². The molecule has 1 aliphatic carbocycles. The summed E-state index contributed by atoms with van der Waals surface area (Å²) < 4.78 is 22.6. The summed E-state index contributed by atoms with van der Waals surface area (Å²) in [7, 11) is 0. The molecular weight excluding hydrogens is 358 g/mol. The molecule has 0 atom stereocenters. The number of fused-ring (bicyclic) bond motifs is 1. The second kappa shape index (κ2) is 11.8. The molecule has 3 rings (SSSR count). The van der Waals surface area contributed by atoms with Crippen LogP contribution in [-0.2, 0) is 9.47 Å². The Morgan fingerprint density at radius 3 is 2.82 bits per heavy atom. The van der Waals surface area contributed by atoms with Crippen LogP contribution < -0.4 is 20.1 Å². The number of aliphatic imine (C=N–C) groups is 1. The minimum atomic E-state index is 0.642. The van der Waals surface area contributed by atoms with E-state index in [1.54, 1.807) is 0 Å². The van der Waals surface area contributed by atoms with Gasteiger partial charge in [0.1, 0.15) is 0 Å². The largest absolute Gasteiger partial charge is 0.490 e. The number of ether oxygens (including phenoxy) is 4. The average molecular weight is 392 g/mol. The summed E-state index contributed by atoms with van der Waals surface area (Å²) in [4.78, 5) is 4.67. The maximum Gasteiger partial charge on any atom is 0.195 e. The molecule has 1 heterocycles. The zero-order valence-electron chi connectivity index (χ0n) is 16.9. The summed E-state index contributed by atoms with van der Waals surface area (Å²) in [6.07, 6.45) is 4.45. The average Bonchev–Trinajstić information content (AvgIpc) is 3.54. The number of nitrogens with one attached hydrogen (secondary N) is 2. The van der Waals surface area contributed by atoms with Crippen molar-refractivity contribution in [2.45, 2.75) is 32.6 Å². The molecule has 7 heteroatoms. The topological polar surface area (TPSA) is 73.3 Å². The highest BCUT2D eigenvalue weighted by Gasteiger charge is 2.20. The normalized spacial score (nSPS) is 16.5. The van der Waals surface area contributed by atoms with E-state index in [0.717, 1.165) is 55.1 Å². The van der Waals surface area contributed by atoms with Gasteiger partial charge in [0.05, 0.1) is 19.8 Å². The highest BCUT2D eigenvalue weighted by Crippen LogP contribution is 2.32. The zero-order valence-corrected chi connectivity index (χ0v) is 16.9. The molecule has 0 radical (unpaired) electrons. The fourth-order valence-corrected chi connectivity index (χ4v) is 2.80. The maximum absolute atomic E-state index is 5.77. The van der Waals surface area contributed by atoms with E-state index in [4.69, 9.17) is 18.9 Å². The summed E-state index contributed by atoms with van der Waals surface area (Å²) in [5.74, 6) is 3.10. The van der Waals surface area contributed by atoms with E-state index >= 15 is 0 Å². The van der Waals surface area contributed by atoms with E-state index in [9.17, 15) is 0 Å². The van der Waals surface area contributed by atoms with Crippen LogP contribution in [0, 0.1) is 5.92 Å². The van der Waals surface area contributed by atoms with Gasteiger partial charge in [0.2, 0.25) is 0 Å². The van der Waals surface area contributed by atoms with E-state index in [-0.39, 0.29) is 0 Å². The van der Waals surface area contributed by atoms with Gasteiger partial charge < -0.3 is 29.6 Å². The van der Waals surface area contributed by atoms with Gasteiger partial charge >= 0.3 is 0 Å². The molecule has 2 N–H and O–H groups in total. The second-order valence-corrected chi connectivity index (χ2v) is 7.06. The van der Waals surface area contributed by atoms with Crippen molar-refractivity contribution in [1.82, 2.24) is 5.32 Å². The van der Waals surface area contributed by atoms with Crippen LogP contribution in [0.1, 0.15) is 32.6 Å². The lowest BCUT2D eigenvalue weighted by Crippen LogP contribution is -2.33. The second-order valence-electron chi connectivity index (χ2n) is 7.06. The van der Waals surface area contributed by atoms with Crippen molar-refractivity contribution >= 4 is 11.6 Å². The van der Waals surface area contributed by atoms with Crippen LogP contribution in [0.25, 0.3) is 0 Å². The predicted octanol–water partition coefficient (Wildman–Crippen LogP) is 3.06. The SMILES string of the molecule is CCOCCNC(=NCCCOCC1CC1)Nc1ccc2c(c1)OCCCO2. The number of hydrogen-bond donors (Lipinski definition) is 2. The first-order chi connectivity index (χ1) is 13.8.